The average Bonchev–Trinajstić information content (AvgIpc) is 2.44. The van der Waals surface area contributed by atoms with Gasteiger partial charge in [-0.2, -0.15) is 0 Å². The fourth-order valence-electron chi connectivity index (χ4n) is 2.51. The molecule has 2 aliphatic rings. The van der Waals surface area contributed by atoms with Gasteiger partial charge >= 0.3 is 0 Å². The molecule has 0 aromatic heterocycles. The van der Waals surface area contributed by atoms with E-state index < -0.39 is 0 Å². The molecule has 2 nitrogen and oxygen atoms in total. The van der Waals surface area contributed by atoms with Crippen molar-refractivity contribution in [2.24, 2.45) is 5.92 Å². The zero-order valence-electron chi connectivity index (χ0n) is 9.01. The zero-order valence-corrected chi connectivity index (χ0v) is 9.01. The first-order chi connectivity index (χ1) is 6.72. The summed E-state index contributed by atoms with van der Waals surface area (Å²) in [4.78, 5) is 11.7. The molecule has 2 unspecified atom stereocenters. The van der Waals surface area contributed by atoms with E-state index in [9.17, 15) is 4.79 Å². The van der Waals surface area contributed by atoms with E-state index in [-0.39, 0.29) is 11.9 Å². The van der Waals surface area contributed by atoms with Crippen molar-refractivity contribution < 1.29 is 9.53 Å². The maximum absolute atomic E-state index is 11.7. The van der Waals surface area contributed by atoms with E-state index >= 15 is 0 Å². The molecular formula is C12H18O2. The smallest absolute Gasteiger partial charge is 0.197 e. The van der Waals surface area contributed by atoms with Crippen LogP contribution in [0.25, 0.3) is 0 Å². The van der Waals surface area contributed by atoms with Gasteiger partial charge in [-0.3, -0.25) is 4.79 Å². The zero-order chi connectivity index (χ0) is 10.1. The minimum absolute atomic E-state index is 0.234. The first-order valence-corrected chi connectivity index (χ1v) is 5.65. The van der Waals surface area contributed by atoms with Crippen LogP contribution in [-0.4, -0.2) is 11.9 Å². The molecule has 0 amide bonds. The van der Waals surface area contributed by atoms with Crippen molar-refractivity contribution in [2.45, 2.75) is 52.1 Å². The van der Waals surface area contributed by atoms with Crippen LogP contribution < -0.4 is 0 Å². The van der Waals surface area contributed by atoms with E-state index in [0.717, 1.165) is 31.4 Å². The lowest BCUT2D eigenvalue weighted by molar-refractivity contribution is -0.119. The molecule has 0 radical (unpaired) electrons. The molecule has 0 fully saturated rings. The summed E-state index contributed by atoms with van der Waals surface area (Å²) in [6.45, 7) is 4.22. The molecular weight excluding hydrogens is 176 g/mol. The molecule has 0 aromatic carbocycles. The van der Waals surface area contributed by atoms with Gasteiger partial charge in [-0.05, 0) is 37.7 Å². The first-order valence-electron chi connectivity index (χ1n) is 5.65. The second kappa shape index (κ2) is 3.76. The van der Waals surface area contributed by atoms with E-state index in [4.69, 9.17) is 4.74 Å². The summed E-state index contributed by atoms with van der Waals surface area (Å²) in [5.74, 6) is 1.46. The van der Waals surface area contributed by atoms with Gasteiger partial charge < -0.3 is 4.74 Å². The Hall–Kier alpha value is -0.790. The Morgan fingerprint density at radius 3 is 3.00 bits per heavy atom. The predicted molar refractivity (Wildman–Crippen MR) is 54.8 cm³/mol. The number of hydrogen-bond donors (Lipinski definition) is 0. The Kier molecular flexibility index (Phi) is 2.62. The molecule has 0 saturated carbocycles. The summed E-state index contributed by atoms with van der Waals surface area (Å²) in [6.07, 6.45) is 5.38. The summed E-state index contributed by atoms with van der Waals surface area (Å²) in [7, 11) is 0. The third kappa shape index (κ3) is 1.58. The normalized spacial score (nSPS) is 31.7. The maximum atomic E-state index is 11.7. The molecule has 2 atom stereocenters. The number of ether oxygens (including phenoxy) is 1. The van der Waals surface area contributed by atoms with Gasteiger partial charge in [0.2, 0.25) is 0 Å². The van der Waals surface area contributed by atoms with Crippen LogP contribution in [0.5, 0.6) is 0 Å². The number of allylic oxidation sites excluding steroid dienone is 2. The summed E-state index contributed by atoms with van der Waals surface area (Å²) in [6, 6.07) is 0. The minimum atomic E-state index is 0.234. The number of hydrogen-bond acceptors (Lipinski definition) is 2. The van der Waals surface area contributed by atoms with Crippen LogP contribution in [0, 0.1) is 5.92 Å². The second-order valence-electron chi connectivity index (χ2n) is 4.43. The Labute approximate surface area is 85.3 Å². The monoisotopic (exact) mass is 194 g/mol. The summed E-state index contributed by atoms with van der Waals surface area (Å²) in [5.41, 5.74) is 1.31. The van der Waals surface area contributed by atoms with Crippen LogP contribution in [0.2, 0.25) is 0 Å². The minimum Gasteiger partial charge on any atom is -0.487 e. The Balaban J connectivity index is 2.18. The highest BCUT2D eigenvalue weighted by atomic mass is 16.5. The van der Waals surface area contributed by atoms with Crippen LogP contribution in [0.1, 0.15) is 46.0 Å². The van der Waals surface area contributed by atoms with Crippen molar-refractivity contribution in [3.8, 4) is 0 Å². The van der Waals surface area contributed by atoms with E-state index in [1.807, 2.05) is 6.92 Å². The van der Waals surface area contributed by atoms with Crippen molar-refractivity contribution in [3.05, 3.63) is 11.3 Å². The van der Waals surface area contributed by atoms with E-state index in [2.05, 4.69) is 6.92 Å². The number of Topliss-reactive ketones (excluding diaryl/α,β-unsaturated/α-hetero) is 1. The Morgan fingerprint density at radius 2 is 2.29 bits per heavy atom. The molecule has 1 heterocycles. The standard InChI is InChI=1S/C12H18O2/c1-3-4-9-7-11(13)12-10(9)6-5-8(2)14-12/h8-9H,3-7H2,1-2H3. The molecule has 14 heavy (non-hydrogen) atoms. The fraction of sp³-hybridized carbons (Fsp3) is 0.750. The highest BCUT2D eigenvalue weighted by molar-refractivity contribution is 5.97. The lowest BCUT2D eigenvalue weighted by atomic mass is 9.91. The van der Waals surface area contributed by atoms with Gasteiger partial charge in [0.1, 0.15) is 0 Å². The van der Waals surface area contributed by atoms with Gasteiger partial charge in [0.05, 0.1) is 6.10 Å². The SMILES string of the molecule is CCCC1CC(=O)C2=C1CCC(C)O2. The molecule has 0 aromatic rings. The Bertz CT molecular complexity index is 278. The second-order valence-corrected chi connectivity index (χ2v) is 4.43. The summed E-state index contributed by atoms with van der Waals surface area (Å²) in [5, 5.41) is 0. The quantitative estimate of drug-likeness (QED) is 0.675. The van der Waals surface area contributed by atoms with Crippen LogP contribution >= 0.6 is 0 Å². The lowest BCUT2D eigenvalue weighted by Gasteiger charge is -2.23. The molecule has 0 N–H and O–H groups in total. The van der Waals surface area contributed by atoms with Crippen LogP contribution in [0.3, 0.4) is 0 Å². The van der Waals surface area contributed by atoms with Gasteiger partial charge in [-0.25, -0.2) is 0 Å². The van der Waals surface area contributed by atoms with Gasteiger partial charge in [-0.15, -0.1) is 0 Å². The Morgan fingerprint density at radius 1 is 1.50 bits per heavy atom. The van der Waals surface area contributed by atoms with Crippen molar-refractivity contribution in [1.29, 1.82) is 0 Å². The van der Waals surface area contributed by atoms with Crippen molar-refractivity contribution in [2.75, 3.05) is 0 Å². The van der Waals surface area contributed by atoms with Gasteiger partial charge in [0, 0.05) is 6.42 Å². The van der Waals surface area contributed by atoms with Crippen LogP contribution in [-0.2, 0) is 9.53 Å². The molecule has 0 spiro atoms. The number of carbonyl (C=O) groups excluding carboxylic acids is 1. The van der Waals surface area contributed by atoms with E-state index in [1.54, 1.807) is 0 Å². The highest BCUT2D eigenvalue weighted by Crippen LogP contribution is 2.39. The molecule has 2 rings (SSSR count). The van der Waals surface area contributed by atoms with Crippen molar-refractivity contribution >= 4 is 5.78 Å². The number of carbonyl (C=O) groups is 1. The molecule has 1 aliphatic heterocycles. The van der Waals surface area contributed by atoms with E-state index in [1.165, 1.54) is 5.57 Å². The van der Waals surface area contributed by atoms with Gasteiger partial charge in [0.25, 0.3) is 0 Å². The first kappa shape index (κ1) is 9.75. The summed E-state index contributed by atoms with van der Waals surface area (Å²) >= 11 is 0. The lowest BCUT2D eigenvalue weighted by Crippen LogP contribution is -2.17. The predicted octanol–water partition coefficient (Wildman–Crippen LogP) is 2.83. The topological polar surface area (TPSA) is 26.3 Å². The van der Waals surface area contributed by atoms with Crippen LogP contribution in [0.4, 0.5) is 0 Å². The molecule has 0 saturated heterocycles. The fourth-order valence-corrected chi connectivity index (χ4v) is 2.51. The molecule has 2 heteroatoms. The number of rotatable bonds is 2. The maximum Gasteiger partial charge on any atom is 0.197 e. The van der Waals surface area contributed by atoms with Crippen molar-refractivity contribution in [3.63, 3.8) is 0 Å². The van der Waals surface area contributed by atoms with E-state index in [0.29, 0.717) is 12.3 Å². The largest absolute Gasteiger partial charge is 0.487 e. The van der Waals surface area contributed by atoms with Crippen molar-refractivity contribution in [1.82, 2.24) is 0 Å². The third-order valence-electron chi connectivity index (χ3n) is 3.25. The summed E-state index contributed by atoms with van der Waals surface area (Å²) < 4.78 is 5.63. The van der Waals surface area contributed by atoms with Gasteiger partial charge in [0.15, 0.2) is 11.5 Å². The number of ketones is 1. The molecule has 1 aliphatic carbocycles. The molecule has 0 bridgehead atoms. The average molecular weight is 194 g/mol. The van der Waals surface area contributed by atoms with Gasteiger partial charge in [-0.1, -0.05) is 13.3 Å². The molecule has 78 valence electrons. The van der Waals surface area contributed by atoms with Crippen LogP contribution in [0.15, 0.2) is 11.3 Å². The highest BCUT2D eigenvalue weighted by Gasteiger charge is 2.36. The third-order valence-corrected chi connectivity index (χ3v) is 3.25.